The Morgan fingerprint density at radius 3 is 2.92 bits per heavy atom. The molecular formula is C17H14N2O3S2. The number of hydrogen-bond acceptors (Lipinski definition) is 5. The molecule has 2 aromatic rings. The quantitative estimate of drug-likeness (QED) is 0.649. The molecule has 0 unspecified atom stereocenters. The summed E-state index contributed by atoms with van der Waals surface area (Å²) in [4.78, 5) is 24.1. The SMILES string of the molecule is CCNC(=O)c1cccc(-c2ccc(/C=C3/SC(=S)NC3=O)o2)c1. The van der Waals surface area contributed by atoms with Crippen molar-refractivity contribution in [2.45, 2.75) is 6.92 Å². The monoisotopic (exact) mass is 358 g/mol. The number of benzene rings is 1. The maximum atomic E-state index is 11.9. The van der Waals surface area contributed by atoms with E-state index >= 15 is 0 Å². The predicted molar refractivity (Wildman–Crippen MR) is 98.5 cm³/mol. The molecule has 0 saturated carbocycles. The molecule has 0 radical (unpaired) electrons. The number of amides is 2. The molecule has 7 heteroatoms. The number of hydrogen-bond donors (Lipinski definition) is 2. The van der Waals surface area contributed by atoms with Crippen molar-refractivity contribution in [3.63, 3.8) is 0 Å². The lowest BCUT2D eigenvalue weighted by molar-refractivity contribution is -0.115. The van der Waals surface area contributed by atoms with Crippen LogP contribution < -0.4 is 10.6 Å². The van der Waals surface area contributed by atoms with Crippen molar-refractivity contribution in [1.82, 2.24) is 10.6 Å². The smallest absolute Gasteiger partial charge is 0.263 e. The molecule has 5 nitrogen and oxygen atoms in total. The lowest BCUT2D eigenvalue weighted by Crippen LogP contribution is -2.22. The van der Waals surface area contributed by atoms with Gasteiger partial charge in [0.15, 0.2) is 0 Å². The van der Waals surface area contributed by atoms with Crippen LogP contribution in [0, 0.1) is 0 Å². The van der Waals surface area contributed by atoms with E-state index in [1.54, 1.807) is 36.4 Å². The lowest BCUT2D eigenvalue weighted by Gasteiger charge is -2.03. The summed E-state index contributed by atoms with van der Waals surface area (Å²) in [5.41, 5.74) is 1.36. The van der Waals surface area contributed by atoms with E-state index in [2.05, 4.69) is 10.6 Å². The van der Waals surface area contributed by atoms with E-state index in [9.17, 15) is 9.59 Å². The van der Waals surface area contributed by atoms with E-state index in [4.69, 9.17) is 16.6 Å². The van der Waals surface area contributed by atoms with E-state index in [1.807, 2.05) is 13.0 Å². The van der Waals surface area contributed by atoms with Crippen LogP contribution in [-0.4, -0.2) is 22.7 Å². The van der Waals surface area contributed by atoms with Crippen LogP contribution in [0.25, 0.3) is 17.4 Å². The predicted octanol–water partition coefficient (Wildman–Crippen LogP) is 3.19. The minimum atomic E-state index is -0.221. The van der Waals surface area contributed by atoms with Crippen molar-refractivity contribution in [1.29, 1.82) is 0 Å². The van der Waals surface area contributed by atoms with Gasteiger partial charge in [0.2, 0.25) is 0 Å². The number of carbonyl (C=O) groups is 2. The average Bonchev–Trinajstić information content (AvgIpc) is 3.15. The summed E-state index contributed by atoms with van der Waals surface area (Å²) in [5, 5.41) is 5.32. The fourth-order valence-electron chi connectivity index (χ4n) is 2.21. The Labute approximate surface area is 148 Å². The molecule has 122 valence electrons. The van der Waals surface area contributed by atoms with E-state index in [-0.39, 0.29) is 11.8 Å². The topological polar surface area (TPSA) is 71.3 Å². The molecule has 24 heavy (non-hydrogen) atoms. The van der Waals surface area contributed by atoms with Gasteiger partial charge in [-0.2, -0.15) is 0 Å². The lowest BCUT2D eigenvalue weighted by atomic mass is 10.1. The van der Waals surface area contributed by atoms with Crippen molar-refractivity contribution in [3.05, 3.63) is 52.6 Å². The Morgan fingerprint density at radius 1 is 1.38 bits per heavy atom. The van der Waals surface area contributed by atoms with Crippen molar-refractivity contribution in [3.8, 4) is 11.3 Å². The summed E-state index contributed by atoms with van der Waals surface area (Å²) in [5.74, 6) is 0.830. The molecule has 1 fully saturated rings. The number of thiocarbonyl (C=S) groups is 1. The molecule has 0 aliphatic carbocycles. The van der Waals surface area contributed by atoms with E-state index in [1.165, 1.54) is 11.8 Å². The van der Waals surface area contributed by atoms with Gasteiger partial charge in [-0.05, 0) is 31.2 Å². The summed E-state index contributed by atoms with van der Waals surface area (Å²) in [7, 11) is 0. The Kier molecular flexibility index (Phi) is 4.82. The molecule has 2 amide bonds. The van der Waals surface area contributed by atoms with Gasteiger partial charge >= 0.3 is 0 Å². The molecule has 1 aliphatic rings. The molecule has 0 atom stereocenters. The second-order valence-corrected chi connectivity index (χ2v) is 6.71. The van der Waals surface area contributed by atoms with Crippen LogP contribution in [0.15, 0.2) is 45.7 Å². The molecule has 3 rings (SSSR count). The van der Waals surface area contributed by atoms with Gasteiger partial charge in [0.1, 0.15) is 15.8 Å². The number of rotatable bonds is 4. The second kappa shape index (κ2) is 7.02. The van der Waals surface area contributed by atoms with Crippen molar-refractivity contribution < 1.29 is 14.0 Å². The second-order valence-electron chi connectivity index (χ2n) is 4.99. The first kappa shape index (κ1) is 16.5. The van der Waals surface area contributed by atoms with Crippen molar-refractivity contribution in [2.75, 3.05) is 6.54 Å². The van der Waals surface area contributed by atoms with Gasteiger partial charge in [-0.3, -0.25) is 9.59 Å². The first-order valence-corrected chi connectivity index (χ1v) is 8.52. The van der Waals surface area contributed by atoms with Gasteiger partial charge in [0.25, 0.3) is 11.8 Å². The molecule has 0 spiro atoms. The Morgan fingerprint density at radius 2 is 2.21 bits per heavy atom. The van der Waals surface area contributed by atoms with E-state index in [0.29, 0.717) is 32.9 Å². The van der Waals surface area contributed by atoms with Gasteiger partial charge in [-0.25, -0.2) is 0 Å². The van der Waals surface area contributed by atoms with Gasteiger partial charge < -0.3 is 15.1 Å². The van der Waals surface area contributed by atoms with Crippen LogP contribution in [0.3, 0.4) is 0 Å². The third-order valence-corrected chi connectivity index (χ3v) is 4.45. The third-order valence-electron chi connectivity index (χ3n) is 3.29. The van der Waals surface area contributed by atoms with Crippen LogP contribution in [0.5, 0.6) is 0 Å². The van der Waals surface area contributed by atoms with Gasteiger partial charge in [-0.15, -0.1) is 0 Å². The van der Waals surface area contributed by atoms with Gasteiger partial charge in [0.05, 0.1) is 4.91 Å². The Hall–Kier alpha value is -2.38. The molecule has 1 aromatic heterocycles. The van der Waals surface area contributed by atoms with Gasteiger partial charge in [-0.1, -0.05) is 36.1 Å². The first-order valence-electron chi connectivity index (χ1n) is 7.30. The van der Waals surface area contributed by atoms with E-state index in [0.717, 1.165) is 5.56 Å². The number of thioether (sulfide) groups is 1. The summed E-state index contributed by atoms with van der Waals surface area (Å²) in [6, 6.07) is 10.8. The molecular weight excluding hydrogens is 344 g/mol. The normalized spacial score (nSPS) is 15.6. The number of carbonyl (C=O) groups excluding carboxylic acids is 2. The zero-order chi connectivity index (χ0) is 17.1. The zero-order valence-electron chi connectivity index (χ0n) is 12.8. The zero-order valence-corrected chi connectivity index (χ0v) is 14.4. The van der Waals surface area contributed by atoms with Crippen molar-refractivity contribution >= 4 is 46.2 Å². The van der Waals surface area contributed by atoms with E-state index < -0.39 is 0 Å². The minimum Gasteiger partial charge on any atom is -0.457 e. The molecule has 1 aromatic carbocycles. The average molecular weight is 358 g/mol. The molecule has 1 saturated heterocycles. The minimum absolute atomic E-state index is 0.124. The fourth-order valence-corrected chi connectivity index (χ4v) is 3.24. The molecule has 2 N–H and O–H groups in total. The number of furan rings is 1. The van der Waals surface area contributed by atoms with Crippen LogP contribution >= 0.6 is 24.0 Å². The molecule has 2 heterocycles. The summed E-state index contributed by atoms with van der Waals surface area (Å²) in [6.45, 7) is 2.44. The van der Waals surface area contributed by atoms with Gasteiger partial charge in [0, 0.05) is 23.7 Å². The Balaban J connectivity index is 1.85. The van der Waals surface area contributed by atoms with Crippen molar-refractivity contribution in [2.24, 2.45) is 0 Å². The standard InChI is InChI=1S/C17H14N2O3S2/c1-2-18-15(20)11-5-3-4-10(8-11)13-7-6-12(22-13)9-14-16(21)19-17(23)24-14/h3-9H,2H2,1H3,(H,18,20)(H,19,21,23)/b14-9+. The highest BCUT2D eigenvalue weighted by Gasteiger charge is 2.22. The summed E-state index contributed by atoms with van der Waals surface area (Å²) >= 11 is 6.16. The van der Waals surface area contributed by atoms with Crippen LogP contribution in [0.1, 0.15) is 23.0 Å². The largest absolute Gasteiger partial charge is 0.457 e. The maximum Gasteiger partial charge on any atom is 0.263 e. The van der Waals surface area contributed by atoms with Crippen LogP contribution in [0.2, 0.25) is 0 Å². The highest BCUT2D eigenvalue weighted by atomic mass is 32.2. The highest BCUT2D eigenvalue weighted by Crippen LogP contribution is 2.29. The summed E-state index contributed by atoms with van der Waals surface area (Å²) in [6.07, 6.45) is 1.65. The Bertz CT molecular complexity index is 855. The maximum absolute atomic E-state index is 11.9. The summed E-state index contributed by atoms with van der Waals surface area (Å²) < 4.78 is 6.20. The molecule has 1 aliphatic heterocycles. The highest BCUT2D eigenvalue weighted by molar-refractivity contribution is 8.26. The van der Waals surface area contributed by atoms with Crippen LogP contribution in [0.4, 0.5) is 0 Å². The fraction of sp³-hybridized carbons (Fsp3) is 0.118. The third kappa shape index (κ3) is 3.58. The first-order chi connectivity index (χ1) is 11.6. The number of nitrogens with one attached hydrogen (secondary N) is 2. The van der Waals surface area contributed by atoms with Crippen LogP contribution in [-0.2, 0) is 4.79 Å². The molecule has 0 bridgehead atoms.